The zero-order valence-corrected chi connectivity index (χ0v) is 17.2. The van der Waals surface area contributed by atoms with Crippen molar-refractivity contribution in [2.75, 3.05) is 18.5 Å². The fraction of sp³-hybridized carbons (Fsp3) is 0.192. The molecule has 0 aliphatic heterocycles. The van der Waals surface area contributed by atoms with Crippen LogP contribution in [0.4, 0.5) is 5.82 Å². The van der Waals surface area contributed by atoms with Crippen LogP contribution in [-0.2, 0) is 13.0 Å². The quantitative estimate of drug-likeness (QED) is 0.358. The number of anilines is 1. The molecule has 0 saturated heterocycles. The van der Waals surface area contributed by atoms with Crippen molar-refractivity contribution in [3.8, 4) is 11.5 Å². The van der Waals surface area contributed by atoms with Gasteiger partial charge in [0.05, 0.1) is 0 Å². The second-order valence-electron chi connectivity index (χ2n) is 7.03. The Labute approximate surface area is 177 Å². The molecule has 3 aromatic carbocycles. The van der Waals surface area contributed by atoms with E-state index >= 15 is 0 Å². The third-order valence-corrected chi connectivity index (χ3v) is 5.05. The van der Waals surface area contributed by atoms with Crippen molar-refractivity contribution in [1.29, 1.82) is 0 Å². The minimum Gasteiger partial charge on any atom is -0.490 e. The van der Waals surface area contributed by atoms with Gasteiger partial charge in [-0.2, -0.15) is 0 Å². The van der Waals surface area contributed by atoms with Crippen molar-refractivity contribution in [2.45, 2.75) is 19.9 Å². The smallest absolute Gasteiger partial charge is 0.126 e. The molecule has 30 heavy (non-hydrogen) atoms. The summed E-state index contributed by atoms with van der Waals surface area (Å²) in [5, 5.41) is 5.76. The van der Waals surface area contributed by atoms with Crippen LogP contribution in [-0.4, -0.2) is 18.2 Å². The van der Waals surface area contributed by atoms with Gasteiger partial charge in [-0.1, -0.05) is 55.5 Å². The van der Waals surface area contributed by atoms with Crippen molar-refractivity contribution in [2.24, 2.45) is 0 Å². The number of pyridine rings is 1. The first-order valence-corrected chi connectivity index (χ1v) is 10.3. The van der Waals surface area contributed by atoms with Gasteiger partial charge in [0.1, 0.15) is 30.5 Å². The second-order valence-corrected chi connectivity index (χ2v) is 7.03. The Kier molecular flexibility index (Phi) is 6.45. The number of ether oxygens (including phenoxy) is 2. The molecule has 1 N–H and O–H groups in total. The van der Waals surface area contributed by atoms with E-state index in [9.17, 15) is 0 Å². The Bertz CT molecular complexity index is 1080. The van der Waals surface area contributed by atoms with Crippen LogP contribution in [0.2, 0.25) is 0 Å². The lowest BCUT2D eigenvalue weighted by molar-refractivity contribution is 0.216. The van der Waals surface area contributed by atoms with E-state index < -0.39 is 0 Å². The zero-order chi connectivity index (χ0) is 20.6. The predicted molar refractivity (Wildman–Crippen MR) is 122 cm³/mol. The highest BCUT2D eigenvalue weighted by Crippen LogP contribution is 2.29. The molecule has 0 atom stereocenters. The van der Waals surface area contributed by atoms with E-state index in [0.29, 0.717) is 19.8 Å². The maximum absolute atomic E-state index is 6.11. The minimum atomic E-state index is 0.477. The van der Waals surface area contributed by atoms with E-state index in [1.54, 1.807) is 6.20 Å². The molecule has 1 heterocycles. The van der Waals surface area contributed by atoms with Crippen LogP contribution in [0.3, 0.4) is 0 Å². The van der Waals surface area contributed by atoms with E-state index in [1.807, 2.05) is 36.4 Å². The summed E-state index contributed by atoms with van der Waals surface area (Å²) >= 11 is 0. The molecule has 1 aromatic heterocycles. The van der Waals surface area contributed by atoms with E-state index in [4.69, 9.17) is 9.47 Å². The highest BCUT2D eigenvalue weighted by atomic mass is 16.5. The van der Waals surface area contributed by atoms with Gasteiger partial charge >= 0.3 is 0 Å². The lowest BCUT2D eigenvalue weighted by Gasteiger charge is -2.16. The molecule has 0 spiro atoms. The van der Waals surface area contributed by atoms with Crippen LogP contribution in [0.15, 0.2) is 85.1 Å². The number of hydrogen-bond acceptors (Lipinski definition) is 4. The van der Waals surface area contributed by atoms with E-state index in [-0.39, 0.29) is 0 Å². The van der Waals surface area contributed by atoms with Gasteiger partial charge in [-0.15, -0.1) is 0 Å². The number of rotatable bonds is 9. The average molecular weight is 399 g/mol. The van der Waals surface area contributed by atoms with Crippen LogP contribution in [0.25, 0.3) is 10.8 Å². The number of aromatic nitrogens is 1. The summed E-state index contributed by atoms with van der Waals surface area (Å²) in [6.45, 7) is 3.75. The summed E-state index contributed by atoms with van der Waals surface area (Å²) in [7, 11) is 0. The van der Waals surface area contributed by atoms with Crippen molar-refractivity contribution in [1.82, 2.24) is 4.98 Å². The normalized spacial score (nSPS) is 10.7. The third-order valence-electron chi connectivity index (χ3n) is 5.05. The van der Waals surface area contributed by atoms with Gasteiger partial charge in [0, 0.05) is 18.3 Å². The van der Waals surface area contributed by atoms with Crippen LogP contribution < -0.4 is 14.8 Å². The van der Waals surface area contributed by atoms with E-state index in [0.717, 1.165) is 29.3 Å². The first-order chi connectivity index (χ1) is 14.8. The van der Waals surface area contributed by atoms with Gasteiger partial charge in [-0.25, -0.2) is 4.98 Å². The molecule has 0 aliphatic carbocycles. The topological polar surface area (TPSA) is 43.4 Å². The van der Waals surface area contributed by atoms with Crippen molar-refractivity contribution in [3.63, 3.8) is 0 Å². The summed E-state index contributed by atoms with van der Waals surface area (Å²) in [5.41, 5.74) is 2.42. The van der Waals surface area contributed by atoms with Gasteiger partial charge in [0.15, 0.2) is 0 Å². The molecule has 0 amide bonds. The molecule has 0 unspecified atom stereocenters. The SMILES string of the molecule is CCc1ccc(OCCOc2ccc3ccccc3c2CNc2ccccn2)cc1. The summed E-state index contributed by atoms with van der Waals surface area (Å²) < 4.78 is 11.9. The summed E-state index contributed by atoms with van der Waals surface area (Å²) in [4.78, 5) is 4.35. The highest BCUT2D eigenvalue weighted by molar-refractivity contribution is 5.88. The number of fused-ring (bicyclic) bond motifs is 1. The molecule has 0 radical (unpaired) electrons. The van der Waals surface area contributed by atoms with Crippen LogP contribution in [0, 0.1) is 0 Å². The standard InChI is InChI=1S/C26H26N2O2/c1-2-20-10-13-22(14-11-20)29-17-18-30-25-15-12-21-7-3-4-8-23(21)24(25)19-28-26-9-5-6-16-27-26/h3-16H,2,17-19H2,1H3,(H,27,28). The van der Waals surface area contributed by atoms with E-state index in [1.165, 1.54) is 16.3 Å². The minimum absolute atomic E-state index is 0.477. The van der Waals surface area contributed by atoms with Crippen molar-refractivity contribution < 1.29 is 9.47 Å². The molecule has 4 aromatic rings. The molecule has 152 valence electrons. The highest BCUT2D eigenvalue weighted by Gasteiger charge is 2.09. The summed E-state index contributed by atoms with van der Waals surface area (Å²) in [6.07, 6.45) is 2.81. The second kappa shape index (κ2) is 9.79. The van der Waals surface area contributed by atoms with Gasteiger partial charge < -0.3 is 14.8 Å². The van der Waals surface area contributed by atoms with Crippen LogP contribution in [0.1, 0.15) is 18.1 Å². The number of aryl methyl sites for hydroxylation is 1. The summed E-state index contributed by atoms with van der Waals surface area (Å²) in [6, 6.07) is 26.5. The largest absolute Gasteiger partial charge is 0.490 e. The number of benzene rings is 3. The van der Waals surface area contributed by atoms with Crippen molar-refractivity contribution in [3.05, 3.63) is 96.2 Å². The fourth-order valence-corrected chi connectivity index (χ4v) is 3.41. The number of nitrogens with zero attached hydrogens (tertiary/aromatic N) is 1. The first-order valence-electron chi connectivity index (χ1n) is 10.3. The fourth-order valence-electron chi connectivity index (χ4n) is 3.41. The monoisotopic (exact) mass is 398 g/mol. The summed E-state index contributed by atoms with van der Waals surface area (Å²) in [5.74, 6) is 2.57. The third kappa shape index (κ3) is 4.90. The van der Waals surface area contributed by atoms with Crippen LogP contribution >= 0.6 is 0 Å². The number of hydrogen-bond donors (Lipinski definition) is 1. The molecule has 0 fully saturated rings. The molecule has 0 bridgehead atoms. The Morgan fingerprint density at radius 1 is 0.800 bits per heavy atom. The predicted octanol–water partition coefficient (Wildman–Crippen LogP) is 5.87. The molecular formula is C26H26N2O2. The molecule has 0 saturated carbocycles. The molecule has 4 nitrogen and oxygen atoms in total. The Morgan fingerprint density at radius 2 is 1.60 bits per heavy atom. The van der Waals surface area contributed by atoms with Gasteiger partial charge in [0.2, 0.25) is 0 Å². The first kappa shape index (κ1) is 19.8. The Morgan fingerprint density at radius 3 is 2.40 bits per heavy atom. The Balaban J connectivity index is 1.44. The van der Waals surface area contributed by atoms with Gasteiger partial charge in [0.25, 0.3) is 0 Å². The maximum Gasteiger partial charge on any atom is 0.126 e. The molecule has 4 rings (SSSR count). The Hall–Kier alpha value is -3.53. The van der Waals surface area contributed by atoms with Crippen molar-refractivity contribution >= 4 is 16.6 Å². The maximum atomic E-state index is 6.11. The molecular weight excluding hydrogens is 372 g/mol. The molecule has 0 aliphatic rings. The number of nitrogens with one attached hydrogen (secondary N) is 1. The van der Waals surface area contributed by atoms with E-state index in [2.05, 4.69) is 59.7 Å². The average Bonchev–Trinajstić information content (AvgIpc) is 2.82. The van der Waals surface area contributed by atoms with Crippen LogP contribution in [0.5, 0.6) is 11.5 Å². The molecule has 4 heteroatoms. The lowest BCUT2D eigenvalue weighted by atomic mass is 10.0. The zero-order valence-electron chi connectivity index (χ0n) is 17.2. The van der Waals surface area contributed by atoms with Gasteiger partial charge in [-0.05, 0) is 53.1 Å². The van der Waals surface area contributed by atoms with Gasteiger partial charge in [-0.3, -0.25) is 0 Å². The lowest BCUT2D eigenvalue weighted by Crippen LogP contribution is -2.11.